The average Bonchev–Trinajstić information content (AvgIpc) is 3.76. The molecular weight excluding hydrogens is 548 g/mol. The molecule has 0 fully saturated rings. The van der Waals surface area contributed by atoms with Gasteiger partial charge in [-0.15, -0.1) is 0 Å². The van der Waals surface area contributed by atoms with Crippen LogP contribution >= 0.6 is 0 Å². The molecule has 10 rings (SSSR count). The van der Waals surface area contributed by atoms with Gasteiger partial charge in [-0.05, 0) is 60.5 Å². The van der Waals surface area contributed by atoms with Crippen LogP contribution in [0, 0.1) is 0 Å². The Hall–Kier alpha value is -5.80. The van der Waals surface area contributed by atoms with Crippen molar-refractivity contribution in [1.82, 2.24) is 9.13 Å². The van der Waals surface area contributed by atoms with Gasteiger partial charge >= 0.3 is 0 Å². The SMILES string of the molecule is C1=CC(c2ccccc2)CC=C1n1c2ccccc2c2ccc3c(c4ccccc4n3-c3ccc4oc5ccccc5c4c3)c21. The van der Waals surface area contributed by atoms with Gasteiger partial charge in [0.05, 0.1) is 22.1 Å². The molecule has 6 aromatic carbocycles. The molecule has 45 heavy (non-hydrogen) atoms. The Balaban J connectivity index is 1.26. The van der Waals surface area contributed by atoms with E-state index in [0.29, 0.717) is 5.92 Å². The standard InChI is InChI=1S/C42H28N2O/c1-2-10-27(11-3-1)28-18-20-29(21-19-28)44-36-15-7-4-12-31(36)33-23-24-38-41(42(33)44)34-14-5-8-16-37(34)43(38)30-22-25-40-35(26-30)32-13-6-9-17-39(32)45-40/h1-18,20-26,28H,19H2. The molecule has 9 aromatic rings. The second-order valence-electron chi connectivity index (χ2n) is 12.1. The zero-order valence-electron chi connectivity index (χ0n) is 24.5. The highest BCUT2D eigenvalue weighted by Gasteiger charge is 2.22. The molecule has 0 N–H and O–H groups in total. The molecule has 3 heteroatoms. The normalized spacial score (nSPS) is 15.3. The van der Waals surface area contributed by atoms with E-state index in [1.54, 1.807) is 0 Å². The Bertz CT molecular complexity index is 2680. The third kappa shape index (κ3) is 3.52. The first-order valence-corrected chi connectivity index (χ1v) is 15.6. The molecular formula is C42H28N2O. The minimum absolute atomic E-state index is 0.388. The van der Waals surface area contributed by atoms with Gasteiger partial charge in [-0.2, -0.15) is 0 Å². The van der Waals surface area contributed by atoms with E-state index in [-0.39, 0.29) is 0 Å². The van der Waals surface area contributed by atoms with Crippen LogP contribution in [0.5, 0.6) is 0 Å². The first-order chi connectivity index (χ1) is 22.3. The fraction of sp³-hybridized carbons (Fsp3) is 0.0476. The van der Waals surface area contributed by atoms with Crippen LogP contribution in [-0.4, -0.2) is 9.13 Å². The number of nitrogens with zero attached hydrogens (tertiary/aromatic N) is 2. The molecule has 0 bridgehead atoms. The summed E-state index contributed by atoms with van der Waals surface area (Å²) in [6.07, 6.45) is 8.09. The van der Waals surface area contributed by atoms with Gasteiger partial charge in [0.15, 0.2) is 0 Å². The Kier molecular flexibility index (Phi) is 5.11. The highest BCUT2D eigenvalue weighted by molar-refractivity contribution is 6.26. The number of rotatable bonds is 3. The first-order valence-electron chi connectivity index (χ1n) is 15.6. The van der Waals surface area contributed by atoms with E-state index in [2.05, 4.69) is 149 Å². The van der Waals surface area contributed by atoms with E-state index < -0.39 is 0 Å². The van der Waals surface area contributed by atoms with Crippen LogP contribution in [0.25, 0.3) is 76.9 Å². The van der Waals surface area contributed by atoms with Crippen molar-refractivity contribution in [2.75, 3.05) is 0 Å². The second kappa shape index (κ2) is 9.35. The molecule has 0 radical (unpaired) electrons. The van der Waals surface area contributed by atoms with Crippen LogP contribution in [0.15, 0.2) is 156 Å². The maximum absolute atomic E-state index is 6.18. The largest absolute Gasteiger partial charge is 0.456 e. The average molecular weight is 577 g/mol. The third-order valence-electron chi connectivity index (χ3n) is 9.65. The maximum Gasteiger partial charge on any atom is 0.135 e. The molecule has 1 unspecified atom stereocenters. The Morgan fingerprint density at radius 1 is 0.533 bits per heavy atom. The lowest BCUT2D eigenvalue weighted by Gasteiger charge is -2.19. The van der Waals surface area contributed by atoms with Crippen molar-refractivity contribution in [2.24, 2.45) is 0 Å². The van der Waals surface area contributed by atoms with Crippen molar-refractivity contribution in [3.8, 4) is 5.69 Å². The molecule has 0 amide bonds. The van der Waals surface area contributed by atoms with E-state index in [0.717, 1.165) is 34.0 Å². The van der Waals surface area contributed by atoms with Gasteiger partial charge in [-0.25, -0.2) is 0 Å². The minimum Gasteiger partial charge on any atom is -0.456 e. The molecule has 1 atom stereocenters. The van der Waals surface area contributed by atoms with Crippen LogP contribution in [0.4, 0.5) is 0 Å². The molecule has 3 aromatic heterocycles. The monoisotopic (exact) mass is 576 g/mol. The highest BCUT2D eigenvalue weighted by atomic mass is 16.3. The number of hydrogen-bond donors (Lipinski definition) is 0. The summed E-state index contributed by atoms with van der Waals surface area (Å²) in [6, 6.07) is 48.0. The van der Waals surface area contributed by atoms with Crippen LogP contribution in [0.2, 0.25) is 0 Å². The van der Waals surface area contributed by atoms with Crippen molar-refractivity contribution in [3.63, 3.8) is 0 Å². The zero-order valence-corrected chi connectivity index (χ0v) is 24.5. The summed E-state index contributed by atoms with van der Waals surface area (Å²) in [4.78, 5) is 0. The quantitative estimate of drug-likeness (QED) is 0.205. The van der Waals surface area contributed by atoms with Gasteiger partial charge in [0.25, 0.3) is 0 Å². The number of aromatic nitrogens is 2. The number of allylic oxidation sites excluding steroid dienone is 4. The number of benzene rings is 6. The first kappa shape index (κ1) is 24.6. The third-order valence-corrected chi connectivity index (χ3v) is 9.65. The van der Waals surface area contributed by atoms with Crippen molar-refractivity contribution in [2.45, 2.75) is 12.3 Å². The highest BCUT2D eigenvalue weighted by Crippen LogP contribution is 2.43. The van der Waals surface area contributed by atoms with Gasteiger partial charge in [0.1, 0.15) is 11.2 Å². The zero-order chi connectivity index (χ0) is 29.5. The summed E-state index contributed by atoms with van der Waals surface area (Å²) in [5.41, 5.74) is 10.4. The lowest BCUT2D eigenvalue weighted by molar-refractivity contribution is 0.669. The molecule has 0 saturated carbocycles. The van der Waals surface area contributed by atoms with Gasteiger partial charge in [-0.1, -0.05) is 103 Å². The summed E-state index contributed by atoms with van der Waals surface area (Å²) in [5.74, 6) is 0.388. The van der Waals surface area contributed by atoms with Crippen molar-refractivity contribution in [3.05, 3.63) is 157 Å². The molecule has 3 nitrogen and oxygen atoms in total. The maximum atomic E-state index is 6.18. The van der Waals surface area contributed by atoms with E-state index in [9.17, 15) is 0 Å². The fourth-order valence-corrected chi connectivity index (χ4v) is 7.63. The van der Waals surface area contributed by atoms with Crippen molar-refractivity contribution < 1.29 is 4.42 Å². The number of furan rings is 1. The van der Waals surface area contributed by atoms with Gasteiger partial charge in [-0.3, -0.25) is 0 Å². The van der Waals surface area contributed by atoms with E-state index in [1.165, 1.54) is 54.9 Å². The number of fused-ring (bicyclic) bond motifs is 10. The summed E-state index contributed by atoms with van der Waals surface area (Å²) >= 11 is 0. The van der Waals surface area contributed by atoms with Gasteiger partial charge in [0.2, 0.25) is 0 Å². The summed E-state index contributed by atoms with van der Waals surface area (Å²) in [7, 11) is 0. The predicted molar refractivity (Wildman–Crippen MR) is 188 cm³/mol. The lowest BCUT2D eigenvalue weighted by Crippen LogP contribution is -2.03. The molecule has 212 valence electrons. The molecule has 0 saturated heterocycles. The van der Waals surface area contributed by atoms with Gasteiger partial charge in [0, 0.05) is 49.6 Å². The fourth-order valence-electron chi connectivity index (χ4n) is 7.63. The molecule has 1 aliphatic carbocycles. The van der Waals surface area contributed by atoms with E-state index in [1.807, 2.05) is 12.1 Å². The van der Waals surface area contributed by atoms with Crippen LogP contribution in [0.3, 0.4) is 0 Å². The minimum atomic E-state index is 0.388. The van der Waals surface area contributed by atoms with E-state index in [4.69, 9.17) is 4.42 Å². The van der Waals surface area contributed by atoms with Crippen LogP contribution in [-0.2, 0) is 0 Å². The summed E-state index contributed by atoms with van der Waals surface area (Å²) in [6.45, 7) is 0. The molecule has 0 aliphatic heterocycles. The van der Waals surface area contributed by atoms with E-state index >= 15 is 0 Å². The molecule has 0 spiro atoms. The number of para-hydroxylation sites is 3. The van der Waals surface area contributed by atoms with Crippen LogP contribution < -0.4 is 0 Å². The molecule has 1 aliphatic rings. The van der Waals surface area contributed by atoms with Gasteiger partial charge < -0.3 is 13.6 Å². The smallest absolute Gasteiger partial charge is 0.135 e. The Morgan fingerprint density at radius 3 is 2.07 bits per heavy atom. The Labute approximate surface area is 259 Å². The summed E-state index contributed by atoms with van der Waals surface area (Å²) < 4.78 is 11.1. The number of hydrogen-bond acceptors (Lipinski definition) is 1. The second-order valence-corrected chi connectivity index (χ2v) is 12.1. The predicted octanol–water partition coefficient (Wildman–Crippen LogP) is 11.4. The van der Waals surface area contributed by atoms with Crippen LogP contribution in [0.1, 0.15) is 17.9 Å². The lowest BCUT2D eigenvalue weighted by atomic mass is 9.92. The topological polar surface area (TPSA) is 23.0 Å². The van der Waals surface area contributed by atoms with Crippen molar-refractivity contribution >= 4 is 71.2 Å². The summed E-state index contributed by atoms with van der Waals surface area (Å²) in [5, 5.41) is 7.35. The van der Waals surface area contributed by atoms with Crippen molar-refractivity contribution in [1.29, 1.82) is 0 Å². The molecule has 3 heterocycles. The Morgan fingerprint density at radius 2 is 1.24 bits per heavy atom.